The van der Waals surface area contributed by atoms with E-state index in [2.05, 4.69) is 339 Å². The van der Waals surface area contributed by atoms with Gasteiger partial charge in [-0.1, -0.05) is 206 Å². The Morgan fingerprint density at radius 3 is 0.976 bits per heavy atom. The number of hydrogen-bond acceptors (Lipinski definition) is 3. The second-order valence-corrected chi connectivity index (χ2v) is 22.0. The smallest absolute Gasteiger partial charge is 0.252 e. The monoisotopic (exact) mass is 1070 g/mol. The second kappa shape index (κ2) is 19.3. The van der Waals surface area contributed by atoms with Crippen molar-refractivity contribution in [2.45, 2.75) is 0 Å². The highest BCUT2D eigenvalue weighted by atomic mass is 15.2. The normalized spacial score (nSPS) is 12.5. The largest absolute Gasteiger partial charge is 0.311 e. The van der Waals surface area contributed by atoms with Crippen molar-refractivity contribution >= 4 is 118 Å². The maximum Gasteiger partial charge on any atom is 0.252 e. The van der Waals surface area contributed by atoms with Crippen LogP contribution in [0.3, 0.4) is 0 Å². The molecule has 0 spiro atoms. The van der Waals surface area contributed by atoms with Crippen molar-refractivity contribution in [2.24, 2.45) is 0 Å². The van der Waals surface area contributed by atoms with E-state index in [1.165, 1.54) is 60.0 Å². The Morgan fingerprint density at radius 2 is 0.583 bits per heavy atom. The standard InChI is InChI=1S/C78H52BN5/c1-5-25-55(26-6-1)80(56-27-7-2-8-28-56)59-51-76-78-77(52-59)82(58-31-11-4-12-32-58)75-48-46-54(61-34-14-20-40-69(61)84-72-43-23-17-37-64(72)65-38-18-24-44-73(65)84)50-67(75)79(78)66-49-53(45-47-74(66)81(76)57-29-9-3-10-30-57)60-33-13-19-39-68(60)83-70-41-21-15-35-62(70)63-36-16-22-42-71(63)83/h1-52H. The van der Waals surface area contributed by atoms with Crippen LogP contribution in [0.25, 0.3) is 77.2 Å². The molecule has 392 valence electrons. The van der Waals surface area contributed by atoms with Gasteiger partial charge in [-0.2, -0.15) is 0 Å². The van der Waals surface area contributed by atoms with E-state index in [1.54, 1.807) is 0 Å². The van der Waals surface area contributed by atoms with Gasteiger partial charge in [-0.25, -0.2) is 0 Å². The minimum atomic E-state index is -0.198. The lowest BCUT2D eigenvalue weighted by Crippen LogP contribution is -2.61. The zero-order valence-electron chi connectivity index (χ0n) is 45.8. The molecule has 6 heteroatoms. The fraction of sp³-hybridized carbons (Fsp3) is 0. The number of anilines is 9. The van der Waals surface area contributed by atoms with E-state index in [-0.39, 0.29) is 6.71 Å². The molecule has 0 amide bonds. The maximum atomic E-state index is 2.53. The predicted molar refractivity (Wildman–Crippen MR) is 355 cm³/mol. The van der Waals surface area contributed by atoms with Gasteiger partial charge < -0.3 is 23.8 Å². The highest BCUT2D eigenvalue weighted by molar-refractivity contribution is 7.00. The molecule has 0 bridgehead atoms. The zero-order valence-corrected chi connectivity index (χ0v) is 45.8. The van der Waals surface area contributed by atoms with Gasteiger partial charge in [0.15, 0.2) is 0 Å². The van der Waals surface area contributed by atoms with Gasteiger partial charge in [0.1, 0.15) is 0 Å². The van der Waals surface area contributed by atoms with E-state index in [1.807, 2.05) is 0 Å². The molecule has 0 unspecified atom stereocenters. The van der Waals surface area contributed by atoms with Crippen LogP contribution in [0, 0.1) is 0 Å². The van der Waals surface area contributed by atoms with Crippen molar-refractivity contribution < 1.29 is 0 Å². The molecule has 0 fully saturated rings. The van der Waals surface area contributed by atoms with Crippen LogP contribution in [0.1, 0.15) is 0 Å². The van der Waals surface area contributed by atoms with Crippen LogP contribution >= 0.6 is 0 Å². The number of hydrogen-bond donors (Lipinski definition) is 0. The Balaban J connectivity index is 0.963. The zero-order chi connectivity index (χ0) is 55.2. The molecule has 0 radical (unpaired) electrons. The van der Waals surface area contributed by atoms with E-state index in [4.69, 9.17) is 0 Å². The summed E-state index contributed by atoms with van der Waals surface area (Å²) in [4.78, 5) is 7.47. The molecule has 2 aliphatic rings. The van der Waals surface area contributed by atoms with Gasteiger partial charge in [-0.05, 0) is 137 Å². The number of nitrogens with zero attached hydrogens (tertiary/aromatic N) is 5. The fourth-order valence-corrected chi connectivity index (χ4v) is 14.0. The quantitative estimate of drug-likeness (QED) is 0.134. The molecular weight excluding hydrogens is 1020 g/mol. The van der Waals surface area contributed by atoms with Gasteiger partial charge >= 0.3 is 0 Å². The van der Waals surface area contributed by atoms with Crippen LogP contribution in [-0.4, -0.2) is 15.8 Å². The lowest BCUT2D eigenvalue weighted by atomic mass is 9.33. The average molecular weight is 1070 g/mol. The third kappa shape index (κ3) is 7.37. The fourth-order valence-electron chi connectivity index (χ4n) is 14.0. The molecule has 17 rings (SSSR count). The Labute approximate surface area is 488 Å². The molecule has 0 saturated heterocycles. The summed E-state index contributed by atoms with van der Waals surface area (Å²) in [5.41, 5.74) is 25.3. The van der Waals surface area contributed by atoms with Gasteiger partial charge in [0.25, 0.3) is 6.71 Å². The lowest BCUT2D eigenvalue weighted by molar-refractivity contribution is 1.18. The molecule has 0 saturated carbocycles. The summed E-state index contributed by atoms with van der Waals surface area (Å²) in [5, 5.41) is 4.97. The highest BCUT2D eigenvalue weighted by Gasteiger charge is 2.44. The first-order valence-corrected chi connectivity index (χ1v) is 29.0. The van der Waals surface area contributed by atoms with Gasteiger partial charge in [0, 0.05) is 78.2 Å². The van der Waals surface area contributed by atoms with Crippen molar-refractivity contribution in [1.29, 1.82) is 0 Å². The van der Waals surface area contributed by atoms with E-state index < -0.39 is 0 Å². The van der Waals surface area contributed by atoms with Gasteiger partial charge in [0.05, 0.1) is 39.1 Å². The molecule has 13 aromatic carbocycles. The number of para-hydroxylation sites is 10. The first-order valence-electron chi connectivity index (χ1n) is 29.0. The summed E-state index contributed by atoms with van der Waals surface area (Å²) in [7, 11) is 0. The summed E-state index contributed by atoms with van der Waals surface area (Å²) in [6, 6.07) is 116. The predicted octanol–water partition coefficient (Wildman–Crippen LogP) is 18.8. The third-order valence-corrected chi connectivity index (χ3v) is 17.4. The summed E-state index contributed by atoms with van der Waals surface area (Å²) in [5.74, 6) is 0. The molecule has 2 aromatic heterocycles. The molecule has 2 aliphatic heterocycles. The molecule has 4 heterocycles. The molecule has 0 aliphatic carbocycles. The van der Waals surface area contributed by atoms with Crippen LogP contribution in [0.2, 0.25) is 0 Å². The van der Waals surface area contributed by atoms with Crippen molar-refractivity contribution in [1.82, 2.24) is 9.13 Å². The third-order valence-electron chi connectivity index (χ3n) is 17.4. The molecule has 5 nitrogen and oxygen atoms in total. The van der Waals surface area contributed by atoms with Gasteiger partial charge in [-0.15, -0.1) is 0 Å². The van der Waals surface area contributed by atoms with E-state index in [0.29, 0.717) is 0 Å². The van der Waals surface area contributed by atoms with Crippen LogP contribution in [0.4, 0.5) is 51.2 Å². The van der Waals surface area contributed by atoms with Crippen LogP contribution in [0.15, 0.2) is 315 Å². The first-order chi connectivity index (χ1) is 41.7. The number of aromatic nitrogens is 2. The Hall–Kier alpha value is -11.1. The van der Waals surface area contributed by atoms with Crippen LogP contribution < -0.4 is 31.1 Å². The highest BCUT2D eigenvalue weighted by Crippen LogP contribution is 2.49. The first kappa shape index (κ1) is 47.7. The molecule has 15 aromatic rings. The second-order valence-electron chi connectivity index (χ2n) is 22.0. The maximum absolute atomic E-state index is 2.53. The number of fused-ring (bicyclic) bond motifs is 10. The lowest BCUT2D eigenvalue weighted by Gasteiger charge is -2.45. The summed E-state index contributed by atoms with van der Waals surface area (Å²) >= 11 is 0. The molecule has 0 atom stereocenters. The van der Waals surface area contributed by atoms with Crippen LogP contribution in [-0.2, 0) is 0 Å². The Morgan fingerprint density at radius 1 is 0.250 bits per heavy atom. The summed E-state index contributed by atoms with van der Waals surface area (Å²) in [6.07, 6.45) is 0. The summed E-state index contributed by atoms with van der Waals surface area (Å²) < 4.78 is 4.93. The van der Waals surface area contributed by atoms with Crippen LogP contribution in [0.5, 0.6) is 0 Å². The molecule has 84 heavy (non-hydrogen) atoms. The minimum absolute atomic E-state index is 0.198. The Bertz CT molecular complexity index is 4630. The van der Waals surface area contributed by atoms with Gasteiger partial charge in [0.2, 0.25) is 0 Å². The topological polar surface area (TPSA) is 19.6 Å². The molecular formula is C78H52BN5. The van der Waals surface area contributed by atoms with E-state index in [9.17, 15) is 0 Å². The summed E-state index contributed by atoms with van der Waals surface area (Å²) in [6.45, 7) is -0.198. The van der Waals surface area contributed by atoms with Gasteiger partial charge in [-0.3, -0.25) is 0 Å². The Kier molecular flexibility index (Phi) is 11.0. The minimum Gasteiger partial charge on any atom is -0.311 e. The van der Waals surface area contributed by atoms with E-state index in [0.717, 1.165) is 84.8 Å². The van der Waals surface area contributed by atoms with Crippen molar-refractivity contribution in [3.63, 3.8) is 0 Å². The number of rotatable bonds is 9. The average Bonchev–Trinajstić information content (AvgIpc) is 1.03. The van der Waals surface area contributed by atoms with Crippen molar-refractivity contribution in [2.75, 3.05) is 14.7 Å². The number of benzene rings is 13. The molecule has 0 N–H and O–H groups in total. The SMILES string of the molecule is c1ccc(N(c2ccccc2)c2cc3c4c(c2)N(c2ccccc2)c2ccc(-c5ccccc5-n5c6ccccc6c6ccccc65)cc2B4c2cc(-c4ccccc4-n4c5ccccc5c5ccccc54)ccc2N3c2ccccc2)cc1. The van der Waals surface area contributed by atoms with Crippen molar-refractivity contribution in [3.8, 4) is 33.6 Å². The van der Waals surface area contributed by atoms with Crippen molar-refractivity contribution in [3.05, 3.63) is 315 Å². The van der Waals surface area contributed by atoms with E-state index >= 15 is 0 Å².